The molecule has 0 saturated heterocycles. The van der Waals surface area contributed by atoms with Gasteiger partial charge >= 0.3 is 0 Å². The fourth-order valence-electron chi connectivity index (χ4n) is 3.24. The van der Waals surface area contributed by atoms with Crippen LogP contribution in [0.2, 0.25) is 0 Å². The Kier molecular flexibility index (Phi) is 4.84. The zero-order chi connectivity index (χ0) is 20.6. The molecule has 0 aliphatic heterocycles. The second-order valence-electron chi connectivity index (χ2n) is 7.03. The van der Waals surface area contributed by atoms with Crippen molar-refractivity contribution in [3.05, 3.63) is 77.0 Å². The molecule has 2 aromatic heterocycles. The molecule has 29 heavy (non-hydrogen) atoms. The maximum Gasteiger partial charge on any atom is 0.293 e. The van der Waals surface area contributed by atoms with Crippen LogP contribution in [0.3, 0.4) is 0 Å². The zero-order valence-electron chi connectivity index (χ0n) is 16.3. The van der Waals surface area contributed by atoms with Crippen molar-refractivity contribution >= 4 is 9.84 Å². The minimum absolute atomic E-state index is 0.207. The van der Waals surface area contributed by atoms with E-state index in [9.17, 15) is 8.42 Å². The fraction of sp³-hybridized carbons (Fsp3) is 0.182. The molecule has 0 N–H and O–H groups in total. The van der Waals surface area contributed by atoms with Gasteiger partial charge in [0, 0.05) is 5.56 Å². The van der Waals surface area contributed by atoms with E-state index in [-0.39, 0.29) is 11.6 Å². The molecular weight excluding hydrogens is 388 g/mol. The first kappa shape index (κ1) is 19.1. The molecule has 2 heterocycles. The monoisotopic (exact) mass is 408 g/mol. The molecule has 7 heteroatoms. The predicted molar refractivity (Wildman–Crippen MR) is 109 cm³/mol. The normalized spacial score (nSPS) is 11.7. The second kappa shape index (κ2) is 7.33. The van der Waals surface area contributed by atoms with Gasteiger partial charge in [-0.2, -0.15) is 4.98 Å². The van der Waals surface area contributed by atoms with Crippen LogP contribution in [0, 0.1) is 20.8 Å². The van der Waals surface area contributed by atoms with Gasteiger partial charge in [0.25, 0.3) is 5.89 Å². The summed E-state index contributed by atoms with van der Waals surface area (Å²) in [5, 5.41) is 4.01. The molecule has 0 aliphatic carbocycles. The minimum atomic E-state index is -3.53. The Morgan fingerprint density at radius 1 is 0.931 bits per heavy atom. The lowest BCUT2D eigenvalue weighted by atomic mass is 10.1. The summed E-state index contributed by atoms with van der Waals surface area (Å²) in [5.41, 5.74) is 3.63. The van der Waals surface area contributed by atoms with Crippen LogP contribution in [0.15, 0.2) is 68.4 Å². The van der Waals surface area contributed by atoms with Crippen molar-refractivity contribution in [2.75, 3.05) is 0 Å². The number of hydrogen-bond donors (Lipinski definition) is 0. The predicted octanol–water partition coefficient (Wildman–Crippen LogP) is 4.90. The van der Waals surface area contributed by atoms with Crippen LogP contribution >= 0.6 is 0 Å². The molecule has 0 fully saturated rings. The Balaban J connectivity index is 1.59. The molecule has 0 bridgehead atoms. The van der Waals surface area contributed by atoms with E-state index >= 15 is 0 Å². The van der Waals surface area contributed by atoms with Gasteiger partial charge in [-0.05, 0) is 50.1 Å². The lowest BCUT2D eigenvalue weighted by Gasteiger charge is -2.07. The summed E-state index contributed by atoms with van der Waals surface area (Å²) in [7, 11) is -3.53. The Bertz CT molecular complexity index is 1290. The molecule has 6 nitrogen and oxygen atoms in total. The van der Waals surface area contributed by atoms with Crippen molar-refractivity contribution in [1.82, 2.24) is 10.1 Å². The van der Waals surface area contributed by atoms with Crippen molar-refractivity contribution in [2.24, 2.45) is 0 Å². The maximum absolute atomic E-state index is 12.8. The van der Waals surface area contributed by atoms with E-state index in [1.165, 1.54) is 0 Å². The van der Waals surface area contributed by atoms with Gasteiger partial charge in [-0.15, -0.1) is 0 Å². The van der Waals surface area contributed by atoms with Crippen molar-refractivity contribution in [3.8, 4) is 23.0 Å². The van der Waals surface area contributed by atoms with Crippen molar-refractivity contribution in [3.63, 3.8) is 0 Å². The third-order valence-electron chi connectivity index (χ3n) is 4.68. The molecule has 0 unspecified atom stereocenters. The summed E-state index contributed by atoms with van der Waals surface area (Å²) in [4.78, 5) is 4.69. The van der Waals surface area contributed by atoms with Gasteiger partial charge in [-0.3, -0.25) is 0 Å². The highest BCUT2D eigenvalue weighted by atomic mass is 32.2. The average Bonchev–Trinajstić information content (AvgIpc) is 3.31. The molecule has 4 rings (SSSR count). The van der Waals surface area contributed by atoms with Crippen LogP contribution in [0.5, 0.6) is 0 Å². The fourth-order valence-corrected chi connectivity index (χ4v) is 4.75. The first-order chi connectivity index (χ1) is 13.8. The zero-order valence-corrected chi connectivity index (χ0v) is 17.2. The van der Waals surface area contributed by atoms with Gasteiger partial charge in [0.1, 0.15) is 11.5 Å². The Morgan fingerprint density at radius 2 is 1.72 bits per heavy atom. The lowest BCUT2D eigenvalue weighted by Crippen LogP contribution is -2.06. The van der Waals surface area contributed by atoms with E-state index in [2.05, 4.69) is 10.1 Å². The molecule has 4 aromatic rings. The SMILES string of the molecule is Cc1ccc(S(=O)(=O)Cc2ccc(-c3nc(-c4ccccc4C)no3)o2)c(C)c1. The number of furan rings is 1. The molecule has 0 saturated carbocycles. The molecule has 0 radical (unpaired) electrons. The van der Waals surface area contributed by atoms with Crippen molar-refractivity contribution in [1.29, 1.82) is 0 Å². The average molecular weight is 408 g/mol. The van der Waals surface area contributed by atoms with Gasteiger partial charge in [-0.25, -0.2) is 8.42 Å². The summed E-state index contributed by atoms with van der Waals surface area (Å²) in [6.45, 7) is 5.69. The van der Waals surface area contributed by atoms with Crippen LogP contribution in [0.4, 0.5) is 0 Å². The van der Waals surface area contributed by atoms with Gasteiger partial charge in [-0.1, -0.05) is 47.1 Å². The number of nitrogens with zero attached hydrogens (tertiary/aromatic N) is 2. The van der Waals surface area contributed by atoms with E-state index in [1.807, 2.05) is 44.2 Å². The van der Waals surface area contributed by atoms with Gasteiger partial charge in [0.2, 0.25) is 5.82 Å². The molecular formula is C22H20N2O4S. The first-order valence-electron chi connectivity index (χ1n) is 9.12. The third kappa shape index (κ3) is 3.86. The Hall–Kier alpha value is -3.19. The highest BCUT2D eigenvalue weighted by molar-refractivity contribution is 7.90. The maximum atomic E-state index is 12.8. The lowest BCUT2D eigenvalue weighted by molar-refractivity contribution is 0.413. The standard InChI is InChI=1S/C22H20N2O4S/c1-14-8-11-20(16(3)12-14)29(25,26)13-17-9-10-19(27-17)22-23-21(24-28-22)18-7-5-4-6-15(18)2/h4-12H,13H2,1-3H3. The number of aromatic nitrogens is 2. The summed E-state index contributed by atoms with van der Waals surface area (Å²) < 4.78 is 36.6. The topological polar surface area (TPSA) is 86.2 Å². The number of hydrogen-bond acceptors (Lipinski definition) is 6. The van der Waals surface area contributed by atoms with E-state index < -0.39 is 9.84 Å². The number of aryl methyl sites for hydroxylation is 3. The smallest absolute Gasteiger partial charge is 0.293 e. The van der Waals surface area contributed by atoms with Gasteiger partial charge in [0.05, 0.1) is 4.90 Å². The Labute approximate surface area is 169 Å². The number of rotatable bonds is 5. The van der Waals surface area contributed by atoms with E-state index in [0.717, 1.165) is 22.3 Å². The number of sulfone groups is 1. The summed E-state index contributed by atoms with van der Waals surface area (Å²) in [5.74, 6) is 1.08. The van der Waals surface area contributed by atoms with Crippen LogP contribution < -0.4 is 0 Å². The number of benzene rings is 2. The van der Waals surface area contributed by atoms with E-state index in [0.29, 0.717) is 22.2 Å². The summed E-state index contributed by atoms with van der Waals surface area (Å²) >= 11 is 0. The second-order valence-corrected chi connectivity index (χ2v) is 8.99. The van der Waals surface area contributed by atoms with Gasteiger partial charge in [0.15, 0.2) is 15.6 Å². The van der Waals surface area contributed by atoms with E-state index in [1.54, 1.807) is 31.2 Å². The van der Waals surface area contributed by atoms with Crippen LogP contribution in [0.1, 0.15) is 22.5 Å². The van der Waals surface area contributed by atoms with Crippen molar-refractivity contribution in [2.45, 2.75) is 31.4 Å². The highest BCUT2D eigenvalue weighted by Gasteiger charge is 2.21. The summed E-state index contributed by atoms with van der Waals surface area (Å²) in [6, 6.07) is 16.3. The summed E-state index contributed by atoms with van der Waals surface area (Å²) in [6.07, 6.45) is 0. The van der Waals surface area contributed by atoms with Crippen molar-refractivity contribution < 1.29 is 17.4 Å². The molecule has 0 spiro atoms. The molecule has 0 amide bonds. The Morgan fingerprint density at radius 3 is 2.48 bits per heavy atom. The molecule has 2 aromatic carbocycles. The molecule has 0 atom stereocenters. The van der Waals surface area contributed by atoms with Crippen LogP contribution in [0.25, 0.3) is 23.0 Å². The molecule has 0 aliphatic rings. The largest absolute Gasteiger partial charge is 0.455 e. The molecule has 148 valence electrons. The minimum Gasteiger partial charge on any atom is -0.455 e. The highest BCUT2D eigenvalue weighted by Crippen LogP contribution is 2.28. The van der Waals surface area contributed by atoms with E-state index in [4.69, 9.17) is 8.94 Å². The van der Waals surface area contributed by atoms with Crippen LogP contribution in [-0.4, -0.2) is 18.6 Å². The third-order valence-corrected chi connectivity index (χ3v) is 6.47. The first-order valence-corrected chi connectivity index (χ1v) is 10.8. The quantitative estimate of drug-likeness (QED) is 0.467. The van der Waals surface area contributed by atoms with Crippen LogP contribution in [-0.2, 0) is 15.6 Å². The van der Waals surface area contributed by atoms with Gasteiger partial charge < -0.3 is 8.94 Å².